The molecule has 2 aliphatic rings. The van der Waals surface area contributed by atoms with E-state index in [0.29, 0.717) is 35.5 Å². The second-order valence-corrected chi connectivity index (χ2v) is 6.71. The van der Waals surface area contributed by atoms with Crippen LogP contribution in [0.3, 0.4) is 0 Å². The van der Waals surface area contributed by atoms with Crippen LogP contribution in [0.5, 0.6) is 0 Å². The maximum atomic E-state index is 13.2. The third kappa shape index (κ3) is 2.67. The van der Waals surface area contributed by atoms with Crippen molar-refractivity contribution >= 4 is 5.91 Å². The predicted molar refractivity (Wildman–Crippen MR) is 88.1 cm³/mol. The van der Waals surface area contributed by atoms with Gasteiger partial charge in [-0.15, -0.1) is 0 Å². The fraction of sp³-hybridized carbons (Fsp3) is 0.444. The predicted octanol–water partition coefficient (Wildman–Crippen LogP) is 1.69. The molecule has 4 rings (SSSR count). The molecule has 1 aliphatic heterocycles. The van der Waals surface area contributed by atoms with Crippen molar-refractivity contribution in [2.75, 3.05) is 13.2 Å². The summed E-state index contributed by atoms with van der Waals surface area (Å²) >= 11 is 0. The summed E-state index contributed by atoms with van der Waals surface area (Å²) in [5.41, 5.74) is 1.79. The van der Waals surface area contributed by atoms with Gasteiger partial charge in [0.2, 0.25) is 0 Å². The van der Waals surface area contributed by atoms with Gasteiger partial charge < -0.3 is 10.0 Å². The number of hydrogen-bond acceptors (Lipinski definition) is 5. The molecule has 2 fully saturated rings. The van der Waals surface area contributed by atoms with Gasteiger partial charge in [-0.1, -0.05) is 0 Å². The Morgan fingerprint density at radius 1 is 1.25 bits per heavy atom. The molecular formula is C18H20N4O2. The van der Waals surface area contributed by atoms with Crippen LogP contribution in [0.4, 0.5) is 0 Å². The quantitative estimate of drug-likeness (QED) is 0.929. The van der Waals surface area contributed by atoms with Gasteiger partial charge in [-0.2, -0.15) is 0 Å². The van der Waals surface area contributed by atoms with Crippen molar-refractivity contribution in [1.82, 2.24) is 19.9 Å². The lowest BCUT2D eigenvalue weighted by atomic mass is 10.0. The largest absolute Gasteiger partial charge is 0.394 e. The van der Waals surface area contributed by atoms with E-state index in [4.69, 9.17) is 0 Å². The minimum atomic E-state index is -0.134. The Morgan fingerprint density at radius 3 is 2.79 bits per heavy atom. The normalized spacial score (nSPS) is 25.2. The molecule has 3 unspecified atom stereocenters. The molecule has 1 saturated heterocycles. The van der Waals surface area contributed by atoms with Gasteiger partial charge in [0, 0.05) is 24.6 Å². The highest BCUT2D eigenvalue weighted by Gasteiger charge is 2.47. The zero-order valence-corrected chi connectivity index (χ0v) is 13.6. The fourth-order valence-electron chi connectivity index (χ4n) is 3.60. The maximum absolute atomic E-state index is 13.2. The Morgan fingerprint density at radius 2 is 2.04 bits per heavy atom. The number of aliphatic hydroxyl groups excluding tert-OH is 1. The molecule has 0 bridgehead atoms. The monoisotopic (exact) mass is 324 g/mol. The molecule has 6 heteroatoms. The lowest BCUT2D eigenvalue weighted by molar-refractivity contribution is 0.0481. The minimum absolute atomic E-state index is 0.00204. The van der Waals surface area contributed by atoms with E-state index >= 15 is 0 Å². The van der Waals surface area contributed by atoms with Gasteiger partial charge in [0.1, 0.15) is 5.69 Å². The highest BCUT2D eigenvalue weighted by atomic mass is 16.3. The number of hydrogen-bond donors (Lipinski definition) is 1. The SMILES string of the molecule is Cc1ccc(-c2ncccn2)c(C(=O)N2CC3CC3CC2CO)n1. The molecule has 0 spiro atoms. The van der Waals surface area contributed by atoms with E-state index in [-0.39, 0.29) is 18.6 Å². The second-order valence-electron chi connectivity index (χ2n) is 6.71. The summed E-state index contributed by atoms with van der Waals surface area (Å²) in [6, 6.07) is 5.34. The fourth-order valence-corrected chi connectivity index (χ4v) is 3.60. The second kappa shape index (κ2) is 5.94. The van der Waals surface area contributed by atoms with Crippen LogP contribution in [-0.2, 0) is 0 Å². The molecular weight excluding hydrogens is 304 g/mol. The molecule has 0 aromatic carbocycles. The van der Waals surface area contributed by atoms with E-state index in [0.717, 1.165) is 18.5 Å². The van der Waals surface area contributed by atoms with Crippen LogP contribution in [-0.4, -0.2) is 50.1 Å². The summed E-state index contributed by atoms with van der Waals surface area (Å²) in [5, 5.41) is 9.70. The Hall–Kier alpha value is -2.34. The Bertz CT molecular complexity index is 765. The number of likely N-dealkylation sites (tertiary alicyclic amines) is 1. The molecule has 3 atom stereocenters. The van der Waals surface area contributed by atoms with Gasteiger partial charge in [-0.25, -0.2) is 15.0 Å². The van der Waals surface area contributed by atoms with Crippen molar-refractivity contribution in [2.24, 2.45) is 11.8 Å². The molecule has 3 heterocycles. The first-order valence-corrected chi connectivity index (χ1v) is 8.34. The molecule has 124 valence electrons. The number of fused-ring (bicyclic) bond motifs is 1. The lowest BCUT2D eigenvalue weighted by Crippen LogP contribution is -2.47. The van der Waals surface area contributed by atoms with Crippen LogP contribution in [0.1, 0.15) is 29.0 Å². The number of nitrogens with zero attached hydrogens (tertiary/aromatic N) is 4. The van der Waals surface area contributed by atoms with Crippen LogP contribution in [0, 0.1) is 18.8 Å². The van der Waals surface area contributed by atoms with Gasteiger partial charge >= 0.3 is 0 Å². The lowest BCUT2D eigenvalue weighted by Gasteiger charge is -2.34. The molecule has 6 nitrogen and oxygen atoms in total. The number of aliphatic hydroxyl groups is 1. The van der Waals surface area contributed by atoms with E-state index in [1.54, 1.807) is 23.4 Å². The van der Waals surface area contributed by atoms with Crippen LogP contribution in [0.25, 0.3) is 11.4 Å². The van der Waals surface area contributed by atoms with Gasteiger partial charge in [0.25, 0.3) is 5.91 Å². The van der Waals surface area contributed by atoms with Crippen molar-refractivity contribution in [2.45, 2.75) is 25.8 Å². The molecule has 24 heavy (non-hydrogen) atoms. The molecule has 1 saturated carbocycles. The van der Waals surface area contributed by atoms with Gasteiger partial charge in [0.05, 0.1) is 18.2 Å². The number of rotatable bonds is 3. The first-order chi connectivity index (χ1) is 11.7. The van der Waals surface area contributed by atoms with Crippen molar-refractivity contribution < 1.29 is 9.90 Å². The van der Waals surface area contributed by atoms with Crippen LogP contribution < -0.4 is 0 Å². The minimum Gasteiger partial charge on any atom is -0.394 e. The van der Waals surface area contributed by atoms with Gasteiger partial charge in [-0.3, -0.25) is 4.79 Å². The van der Waals surface area contributed by atoms with E-state index in [1.165, 1.54) is 0 Å². The van der Waals surface area contributed by atoms with Gasteiger partial charge in [0.15, 0.2) is 5.82 Å². The van der Waals surface area contributed by atoms with Crippen molar-refractivity contribution in [3.8, 4) is 11.4 Å². The number of aromatic nitrogens is 3. The molecule has 0 radical (unpaired) electrons. The third-order valence-corrected chi connectivity index (χ3v) is 5.03. The van der Waals surface area contributed by atoms with Crippen LogP contribution >= 0.6 is 0 Å². The number of aryl methyl sites for hydroxylation is 1. The summed E-state index contributed by atoms with van der Waals surface area (Å²) in [4.78, 5) is 28.0. The summed E-state index contributed by atoms with van der Waals surface area (Å²) in [5.74, 6) is 1.62. The standard InChI is InChI=1S/C18H20N4O2/c1-11-3-4-15(17-19-5-2-6-20-17)16(21-11)18(24)22-9-13-7-12(13)8-14(22)10-23/h2-6,12-14,23H,7-10H2,1H3. The molecule has 1 N–H and O–H groups in total. The number of amides is 1. The molecule has 1 aliphatic carbocycles. The third-order valence-electron chi connectivity index (χ3n) is 5.03. The Labute approximate surface area is 140 Å². The Balaban J connectivity index is 1.72. The van der Waals surface area contributed by atoms with E-state index < -0.39 is 0 Å². The summed E-state index contributed by atoms with van der Waals surface area (Å²) in [6.07, 6.45) is 5.36. The topological polar surface area (TPSA) is 79.2 Å². The number of piperidine rings is 1. The number of carbonyl (C=O) groups is 1. The zero-order chi connectivity index (χ0) is 16.7. The number of carbonyl (C=O) groups excluding carboxylic acids is 1. The summed E-state index contributed by atoms with van der Waals surface area (Å²) in [7, 11) is 0. The Kier molecular flexibility index (Phi) is 3.76. The van der Waals surface area contributed by atoms with Crippen LogP contribution in [0.15, 0.2) is 30.6 Å². The van der Waals surface area contributed by atoms with Crippen molar-refractivity contribution in [1.29, 1.82) is 0 Å². The maximum Gasteiger partial charge on any atom is 0.273 e. The average Bonchev–Trinajstić information content (AvgIpc) is 3.39. The highest BCUT2D eigenvalue weighted by Crippen LogP contribution is 2.47. The summed E-state index contributed by atoms with van der Waals surface area (Å²) < 4.78 is 0. The van der Waals surface area contributed by atoms with E-state index in [9.17, 15) is 9.90 Å². The smallest absolute Gasteiger partial charge is 0.273 e. The molecule has 2 aromatic heterocycles. The average molecular weight is 324 g/mol. The van der Waals surface area contributed by atoms with E-state index in [2.05, 4.69) is 15.0 Å². The first kappa shape index (κ1) is 15.2. The highest BCUT2D eigenvalue weighted by molar-refractivity contribution is 5.98. The van der Waals surface area contributed by atoms with Crippen LogP contribution in [0.2, 0.25) is 0 Å². The first-order valence-electron chi connectivity index (χ1n) is 8.34. The zero-order valence-electron chi connectivity index (χ0n) is 13.6. The molecule has 1 amide bonds. The van der Waals surface area contributed by atoms with Crippen molar-refractivity contribution in [3.63, 3.8) is 0 Å². The summed E-state index contributed by atoms with van der Waals surface area (Å²) in [6.45, 7) is 2.57. The van der Waals surface area contributed by atoms with Gasteiger partial charge in [-0.05, 0) is 49.8 Å². The van der Waals surface area contributed by atoms with Crippen molar-refractivity contribution in [3.05, 3.63) is 42.0 Å². The number of pyridine rings is 1. The molecule has 2 aromatic rings. The van der Waals surface area contributed by atoms with E-state index in [1.807, 2.05) is 19.1 Å².